The van der Waals surface area contributed by atoms with Crippen molar-refractivity contribution in [1.82, 2.24) is 4.31 Å². The Morgan fingerprint density at radius 2 is 2.22 bits per heavy atom. The molecular formula is C11H21NO5S. The van der Waals surface area contributed by atoms with Crippen LogP contribution in [0.5, 0.6) is 0 Å². The zero-order valence-electron chi connectivity index (χ0n) is 10.7. The van der Waals surface area contributed by atoms with E-state index in [1.807, 2.05) is 0 Å². The van der Waals surface area contributed by atoms with Gasteiger partial charge in [0, 0.05) is 26.1 Å². The van der Waals surface area contributed by atoms with Crippen LogP contribution in [0.2, 0.25) is 0 Å². The van der Waals surface area contributed by atoms with E-state index in [0.717, 1.165) is 12.8 Å². The zero-order chi connectivity index (χ0) is 13.6. The second-order valence-electron chi connectivity index (χ2n) is 4.40. The summed E-state index contributed by atoms with van der Waals surface area (Å²) in [6.07, 6.45) is 1.89. The van der Waals surface area contributed by atoms with Crippen molar-refractivity contribution >= 4 is 16.0 Å². The van der Waals surface area contributed by atoms with Crippen molar-refractivity contribution in [1.29, 1.82) is 0 Å². The van der Waals surface area contributed by atoms with Gasteiger partial charge in [0.05, 0.1) is 11.9 Å². The van der Waals surface area contributed by atoms with Crippen LogP contribution in [0, 0.1) is 0 Å². The molecular weight excluding hydrogens is 258 g/mol. The third-order valence-electron chi connectivity index (χ3n) is 2.97. The molecule has 0 aromatic rings. The largest absolute Gasteiger partial charge is 0.481 e. The predicted octanol–water partition coefficient (Wildman–Crippen LogP) is 0.682. The summed E-state index contributed by atoms with van der Waals surface area (Å²) in [5, 5.41) is 8.51. The molecule has 0 bridgehead atoms. The van der Waals surface area contributed by atoms with Crippen LogP contribution in [0.4, 0.5) is 0 Å². The van der Waals surface area contributed by atoms with Gasteiger partial charge in [0.25, 0.3) is 0 Å². The number of carboxylic acid groups (broad SMARTS) is 1. The van der Waals surface area contributed by atoms with Gasteiger partial charge < -0.3 is 9.84 Å². The number of carboxylic acids is 1. The topological polar surface area (TPSA) is 83.9 Å². The molecule has 0 radical (unpaired) electrons. The smallest absolute Gasteiger partial charge is 0.303 e. The van der Waals surface area contributed by atoms with Crippen molar-refractivity contribution in [3.63, 3.8) is 0 Å². The van der Waals surface area contributed by atoms with Crippen LogP contribution >= 0.6 is 0 Å². The number of carbonyl (C=O) groups is 1. The van der Waals surface area contributed by atoms with Crippen LogP contribution in [0.15, 0.2) is 0 Å². The molecule has 0 aromatic carbocycles. The van der Waals surface area contributed by atoms with E-state index in [4.69, 9.17) is 9.84 Å². The molecule has 7 heteroatoms. The first-order valence-corrected chi connectivity index (χ1v) is 7.88. The number of ether oxygens (including phenoxy) is 1. The average Bonchev–Trinajstić information content (AvgIpc) is 2.77. The van der Waals surface area contributed by atoms with Gasteiger partial charge in [0.15, 0.2) is 0 Å². The Bertz CT molecular complexity index is 362. The number of hydrogen-bond acceptors (Lipinski definition) is 4. The molecule has 1 fully saturated rings. The van der Waals surface area contributed by atoms with Crippen LogP contribution in [-0.4, -0.2) is 55.4 Å². The molecule has 0 aromatic heterocycles. The molecule has 0 saturated carbocycles. The summed E-state index contributed by atoms with van der Waals surface area (Å²) < 4.78 is 30.8. The Morgan fingerprint density at radius 3 is 2.72 bits per heavy atom. The molecule has 106 valence electrons. The number of rotatable bonds is 8. The first kappa shape index (κ1) is 15.4. The third kappa shape index (κ3) is 4.91. The Balaban J connectivity index is 2.47. The van der Waals surface area contributed by atoms with E-state index in [1.165, 1.54) is 4.31 Å². The number of sulfonamides is 1. The molecule has 1 aliphatic heterocycles. The molecule has 1 saturated heterocycles. The summed E-state index contributed by atoms with van der Waals surface area (Å²) in [6.45, 7) is 3.26. The Morgan fingerprint density at radius 1 is 1.50 bits per heavy atom. The molecule has 1 N–H and O–H groups in total. The fourth-order valence-corrected chi connectivity index (χ4v) is 3.54. The Kier molecular flexibility index (Phi) is 6.04. The predicted molar refractivity (Wildman–Crippen MR) is 66.9 cm³/mol. The Labute approximate surface area is 108 Å². The van der Waals surface area contributed by atoms with Crippen molar-refractivity contribution in [2.24, 2.45) is 0 Å². The zero-order valence-corrected chi connectivity index (χ0v) is 11.5. The summed E-state index contributed by atoms with van der Waals surface area (Å²) >= 11 is 0. The van der Waals surface area contributed by atoms with E-state index < -0.39 is 16.0 Å². The van der Waals surface area contributed by atoms with Crippen LogP contribution in [0.3, 0.4) is 0 Å². The summed E-state index contributed by atoms with van der Waals surface area (Å²) in [7, 11) is -3.37. The minimum Gasteiger partial charge on any atom is -0.481 e. The van der Waals surface area contributed by atoms with Crippen LogP contribution in [-0.2, 0) is 19.6 Å². The van der Waals surface area contributed by atoms with E-state index in [0.29, 0.717) is 19.7 Å². The molecule has 0 amide bonds. The van der Waals surface area contributed by atoms with E-state index in [1.54, 1.807) is 6.92 Å². The maximum Gasteiger partial charge on any atom is 0.303 e. The van der Waals surface area contributed by atoms with E-state index in [2.05, 4.69) is 0 Å². The molecule has 6 nitrogen and oxygen atoms in total. The molecule has 1 unspecified atom stereocenters. The van der Waals surface area contributed by atoms with Crippen molar-refractivity contribution in [3.8, 4) is 0 Å². The highest BCUT2D eigenvalue weighted by Crippen LogP contribution is 2.15. The van der Waals surface area contributed by atoms with Gasteiger partial charge in [-0.3, -0.25) is 4.79 Å². The lowest BCUT2D eigenvalue weighted by molar-refractivity contribution is -0.137. The van der Waals surface area contributed by atoms with Crippen molar-refractivity contribution in [2.75, 3.05) is 25.4 Å². The maximum absolute atomic E-state index is 12.0. The quantitative estimate of drug-likeness (QED) is 0.706. The van der Waals surface area contributed by atoms with E-state index >= 15 is 0 Å². The lowest BCUT2D eigenvalue weighted by Gasteiger charge is -2.23. The van der Waals surface area contributed by atoms with Gasteiger partial charge in [-0.25, -0.2) is 8.42 Å². The van der Waals surface area contributed by atoms with Gasteiger partial charge in [0.2, 0.25) is 10.0 Å². The monoisotopic (exact) mass is 279 g/mol. The van der Waals surface area contributed by atoms with E-state index in [-0.39, 0.29) is 24.7 Å². The molecule has 18 heavy (non-hydrogen) atoms. The maximum atomic E-state index is 12.0. The van der Waals surface area contributed by atoms with Crippen molar-refractivity contribution < 1.29 is 23.1 Å². The number of hydrogen-bond donors (Lipinski definition) is 1. The molecule has 0 aliphatic carbocycles. The second-order valence-corrected chi connectivity index (χ2v) is 6.49. The fraction of sp³-hybridized carbons (Fsp3) is 0.909. The number of aliphatic carboxylic acids is 1. The minimum absolute atomic E-state index is 0.0146. The summed E-state index contributed by atoms with van der Waals surface area (Å²) in [4.78, 5) is 10.4. The van der Waals surface area contributed by atoms with Gasteiger partial charge >= 0.3 is 5.97 Å². The molecule has 1 heterocycles. The number of likely N-dealkylation sites (N-methyl/N-ethyl adjacent to an activating group) is 1. The highest BCUT2D eigenvalue weighted by molar-refractivity contribution is 7.89. The third-order valence-corrected chi connectivity index (χ3v) is 4.97. The summed E-state index contributed by atoms with van der Waals surface area (Å²) in [5.74, 6) is -1.08. The number of nitrogens with zero attached hydrogens (tertiary/aromatic N) is 1. The fourth-order valence-electron chi connectivity index (χ4n) is 1.99. The lowest BCUT2D eigenvalue weighted by atomic mass is 10.2. The SMILES string of the molecule is CCN(CC1CCCO1)S(=O)(=O)CCCC(=O)O. The first-order valence-electron chi connectivity index (χ1n) is 6.27. The van der Waals surface area contributed by atoms with Gasteiger partial charge in [-0.15, -0.1) is 0 Å². The highest BCUT2D eigenvalue weighted by atomic mass is 32.2. The Hall–Kier alpha value is -0.660. The van der Waals surface area contributed by atoms with Crippen molar-refractivity contribution in [2.45, 2.75) is 38.7 Å². The standard InChI is InChI=1S/C11H21NO5S/c1-2-12(9-10-5-3-7-17-10)18(15,16)8-4-6-11(13)14/h10H,2-9H2,1H3,(H,13,14). The summed E-state index contributed by atoms with van der Waals surface area (Å²) in [6, 6.07) is 0. The first-order chi connectivity index (χ1) is 8.45. The lowest BCUT2D eigenvalue weighted by Crippen LogP contribution is -2.38. The molecule has 1 rings (SSSR count). The van der Waals surface area contributed by atoms with Crippen LogP contribution in [0.25, 0.3) is 0 Å². The van der Waals surface area contributed by atoms with Gasteiger partial charge in [0.1, 0.15) is 0 Å². The molecule has 1 aliphatic rings. The molecule has 0 spiro atoms. The van der Waals surface area contributed by atoms with Crippen LogP contribution < -0.4 is 0 Å². The van der Waals surface area contributed by atoms with E-state index in [9.17, 15) is 13.2 Å². The molecule has 1 atom stereocenters. The van der Waals surface area contributed by atoms with Gasteiger partial charge in [-0.1, -0.05) is 6.92 Å². The van der Waals surface area contributed by atoms with Gasteiger partial charge in [-0.05, 0) is 19.3 Å². The minimum atomic E-state index is -3.37. The average molecular weight is 279 g/mol. The summed E-state index contributed by atoms with van der Waals surface area (Å²) in [5.41, 5.74) is 0. The van der Waals surface area contributed by atoms with Gasteiger partial charge in [-0.2, -0.15) is 4.31 Å². The van der Waals surface area contributed by atoms with Crippen molar-refractivity contribution in [3.05, 3.63) is 0 Å². The highest BCUT2D eigenvalue weighted by Gasteiger charge is 2.26. The normalized spacial score (nSPS) is 20.4. The second kappa shape index (κ2) is 7.06. The van der Waals surface area contributed by atoms with Crippen LogP contribution in [0.1, 0.15) is 32.6 Å².